The van der Waals surface area contributed by atoms with Crippen LogP contribution in [-0.4, -0.2) is 55.3 Å². The van der Waals surface area contributed by atoms with Gasteiger partial charge in [0.2, 0.25) is 5.95 Å². The Balaban J connectivity index is 1.71. The number of methoxy groups -OCH3 is 2. The van der Waals surface area contributed by atoms with Crippen molar-refractivity contribution in [2.45, 2.75) is 32.4 Å². The van der Waals surface area contributed by atoms with Gasteiger partial charge in [-0.15, -0.1) is 0 Å². The number of ether oxygens (including phenoxy) is 2. The molecule has 0 spiro atoms. The van der Waals surface area contributed by atoms with Crippen molar-refractivity contribution in [1.29, 1.82) is 0 Å². The minimum Gasteiger partial charge on any atom is -0.493 e. The van der Waals surface area contributed by atoms with Gasteiger partial charge in [-0.25, -0.2) is 9.97 Å². The molecule has 1 aliphatic heterocycles. The summed E-state index contributed by atoms with van der Waals surface area (Å²) >= 11 is 0. The highest BCUT2D eigenvalue weighted by Crippen LogP contribution is 2.32. The Morgan fingerprint density at radius 3 is 2.81 bits per heavy atom. The summed E-state index contributed by atoms with van der Waals surface area (Å²) in [4.78, 5) is 13.7. The molecule has 1 unspecified atom stereocenters. The second-order valence-electron chi connectivity index (χ2n) is 6.79. The number of para-hydroxylation sites is 1. The number of aromatic nitrogens is 2. The number of hydrogen-bond acceptors (Lipinski definition) is 6. The summed E-state index contributed by atoms with van der Waals surface area (Å²) in [7, 11) is 5.47. The van der Waals surface area contributed by atoms with Crippen LogP contribution in [0.5, 0.6) is 11.5 Å². The number of likely N-dealkylation sites (tertiary alicyclic amines) is 1. The third-order valence-corrected chi connectivity index (χ3v) is 5.00. The predicted molar refractivity (Wildman–Crippen MR) is 103 cm³/mol. The molecule has 1 aromatic carbocycles. The van der Waals surface area contributed by atoms with Gasteiger partial charge in [-0.3, -0.25) is 4.90 Å². The molecule has 26 heavy (non-hydrogen) atoms. The second-order valence-corrected chi connectivity index (χ2v) is 6.79. The summed E-state index contributed by atoms with van der Waals surface area (Å²) in [5, 5.41) is 0. The molecule has 3 rings (SSSR count). The molecule has 0 bridgehead atoms. The average Bonchev–Trinajstić information content (AvgIpc) is 2.67. The van der Waals surface area contributed by atoms with E-state index in [-0.39, 0.29) is 0 Å². The Labute approximate surface area is 155 Å². The number of nitrogens with zero attached hydrogens (tertiary/aromatic N) is 4. The van der Waals surface area contributed by atoms with Gasteiger partial charge in [0.1, 0.15) is 0 Å². The molecule has 1 saturated heterocycles. The van der Waals surface area contributed by atoms with Crippen molar-refractivity contribution in [2.24, 2.45) is 0 Å². The van der Waals surface area contributed by atoms with E-state index in [0.717, 1.165) is 61.2 Å². The normalized spacial score (nSPS) is 17.8. The fraction of sp³-hybridized carbons (Fsp3) is 0.500. The van der Waals surface area contributed by atoms with Crippen LogP contribution in [0.1, 0.15) is 24.1 Å². The van der Waals surface area contributed by atoms with Gasteiger partial charge in [-0.2, -0.15) is 0 Å². The second kappa shape index (κ2) is 8.36. The molecule has 6 nitrogen and oxygen atoms in total. The van der Waals surface area contributed by atoms with Gasteiger partial charge in [0.05, 0.1) is 14.2 Å². The zero-order valence-corrected chi connectivity index (χ0v) is 16.1. The highest BCUT2D eigenvalue weighted by Gasteiger charge is 2.25. The van der Waals surface area contributed by atoms with Crippen LogP contribution in [0.15, 0.2) is 30.5 Å². The molecule has 0 radical (unpaired) electrons. The number of aryl methyl sites for hydroxylation is 1. The maximum Gasteiger partial charge on any atom is 0.225 e. The fourth-order valence-electron chi connectivity index (χ4n) is 3.58. The maximum atomic E-state index is 5.58. The molecule has 1 aromatic heterocycles. The molecule has 0 saturated carbocycles. The van der Waals surface area contributed by atoms with Gasteiger partial charge in [-0.1, -0.05) is 12.1 Å². The first-order valence-electron chi connectivity index (χ1n) is 9.07. The molecule has 0 aliphatic carbocycles. The summed E-state index contributed by atoms with van der Waals surface area (Å²) in [6.45, 7) is 4.91. The number of likely N-dealkylation sites (N-methyl/N-ethyl adjacent to an activating group) is 1. The lowest BCUT2D eigenvalue weighted by Gasteiger charge is -2.37. The van der Waals surface area contributed by atoms with Crippen molar-refractivity contribution < 1.29 is 9.47 Å². The summed E-state index contributed by atoms with van der Waals surface area (Å²) in [6, 6.07) is 8.40. The minimum atomic E-state index is 0.405. The summed E-state index contributed by atoms with van der Waals surface area (Å²) in [5.41, 5.74) is 2.15. The largest absolute Gasteiger partial charge is 0.493 e. The molecule has 0 amide bonds. The number of hydrogen-bond donors (Lipinski definition) is 0. The lowest BCUT2D eigenvalue weighted by Crippen LogP contribution is -2.46. The van der Waals surface area contributed by atoms with Crippen molar-refractivity contribution in [3.05, 3.63) is 41.7 Å². The summed E-state index contributed by atoms with van der Waals surface area (Å²) in [6.07, 6.45) is 4.14. The van der Waals surface area contributed by atoms with Crippen LogP contribution in [0, 0.1) is 6.92 Å². The monoisotopic (exact) mass is 356 g/mol. The zero-order valence-electron chi connectivity index (χ0n) is 16.1. The van der Waals surface area contributed by atoms with Crippen molar-refractivity contribution in [1.82, 2.24) is 14.9 Å². The van der Waals surface area contributed by atoms with E-state index < -0.39 is 0 Å². The summed E-state index contributed by atoms with van der Waals surface area (Å²) in [5.74, 6) is 2.41. The molecular formula is C20H28N4O2. The van der Waals surface area contributed by atoms with E-state index in [0.29, 0.717) is 6.04 Å². The van der Waals surface area contributed by atoms with Crippen LogP contribution in [-0.2, 0) is 6.54 Å². The van der Waals surface area contributed by atoms with Gasteiger partial charge in [0.25, 0.3) is 0 Å². The van der Waals surface area contributed by atoms with Gasteiger partial charge < -0.3 is 14.4 Å². The third-order valence-electron chi connectivity index (χ3n) is 5.00. The molecular weight excluding hydrogens is 328 g/mol. The zero-order chi connectivity index (χ0) is 18.5. The molecule has 1 atom stereocenters. The molecule has 2 heterocycles. The van der Waals surface area contributed by atoms with E-state index in [1.807, 2.05) is 31.3 Å². The average molecular weight is 356 g/mol. The Hall–Kier alpha value is -2.34. The molecule has 2 aromatic rings. The predicted octanol–water partition coefficient (Wildman–Crippen LogP) is 2.90. The van der Waals surface area contributed by atoms with Gasteiger partial charge in [0.15, 0.2) is 11.5 Å². The first-order valence-corrected chi connectivity index (χ1v) is 9.07. The topological polar surface area (TPSA) is 50.7 Å². The van der Waals surface area contributed by atoms with E-state index in [4.69, 9.17) is 9.47 Å². The lowest BCUT2D eigenvalue weighted by atomic mass is 10.0. The molecule has 0 N–H and O–H groups in total. The quantitative estimate of drug-likeness (QED) is 0.793. The standard InChI is InChI=1S/C20H28N4O2/c1-15-10-11-21-20(22-15)23(2)17-8-6-12-24(14-17)13-16-7-5-9-18(25-3)19(16)26-4/h5,7,9-11,17H,6,8,12-14H2,1-4H3. The Kier molecular flexibility index (Phi) is 5.93. The Morgan fingerprint density at radius 1 is 1.23 bits per heavy atom. The molecule has 1 aliphatic rings. The number of anilines is 1. The van der Waals surface area contributed by atoms with Gasteiger partial charge >= 0.3 is 0 Å². The van der Waals surface area contributed by atoms with Crippen molar-refractivity contribution in [3.63, 3.8) is 0 Å². The fourth-order valence-corrected chi connectivity index (χ4v) is 3.58. The third kappa shape index (κ3) is 4.07. The van der Waals surface area contributed by atoms with Crippen molar-refractivity contribution >= 4 is 5.95 Å². The van der Waals surface area contributed by atoms with E-state index >= 15 is 0 Å². The first kappa shape index (κ1) is 18.5. The highest BCUT2D eigenvalue weighted by molar-refractivity contribution is 5.46. The van der Waals surface area contributed by atoms with Gasteiger partial charge in [-0.05, 0) is 38.4 Å². The number of piperidine rings is 1. The Bertz CT molecular complexity index is 738. The van der Waals surface area contributed by atoms with Crippen molar-refractivity contribution in [3.8, 4) is 11.5 Å². The molecule has 1 fully saturated rings. The van der Waals surface area contributed by atoms with Crippen LogP contribution >= 0.6 is 0 Å². The number of benzene rings is 1. The van der Waals surface area contributed by atoms with E-state index in [1.54, 1.807) is 14.2 Å². The van der Waals surface area contributed by atoms with Crippen LogP contribution < -0.4 is 14.4 Å². The van der Waals surface area contributed by atoms with Crippen LogP contribution in [0.4, 0.5) is 5.95 Å². The first-order chi connectivity index (χ1) is 12.6. The SMILES string of the molecule is COc1cccc(CN2CCCC(N(C)c3nccc(C)n3)C2)c1OC. The molecule has 140 valence electrons. The van der Waals surface area contributed by atoms with E-state index in [9.17, 15) is 0 Å². The van der Waals surface area contributed by atoms with Gasteiger partial charge in [0, 0.05) is 43.6 Å². The smallest absolute Gasteiger partial charge is 0.225 e. The summed E-state index contributed by atoms with van der Waals surface area (Å²) < 4.78 is 11.0. The maximum absolute atomic E-state index is 5.58. The Morgan fingerprint density at radius 2 is 2.08 bits per heavy atom. The van der Waals surface area contributed by atoms with E-state index in [1.165, 1.54) is 0 Å². The van der Waals surface area contributed by atoms with Crippen LogP contribution in [0.25, 0.3) is 0 Å². The highest BCUT2D eigenvalue weighted by atomic mass is 16.5. The van der Waals surface area contributed by atoms with E-state index in [2.05, 4.69) is 32.9 Å². The van der Waals surface area contributed by atoms with Crippen molar-refractivity contribution in [2.75, 3.05) is 39.3 Å². The lowest BCUT2D eigenvalue weighted by molar-refractivity contribution is 0.195. The molecule has 6 heteroatoms. The number of rotatable bonds is 6. The van der Waals surface area contributed by atoms with Crippen LogP contribution in [0.2, 0.25) is 0 Å². The van der Waals surface area contributed by atoms with Crippen LogP contribution in [0.3, 0.4) is 0 Å². The minimum absolute atomic E-state index is 0.405.